The highest BCUT2D eigenvalue weighted by Gasteiger charge is 2.33. The molecule has 0 unspecified atom stereocenters. The standard InChI is InChI=1S/C17H20N2O3S/c1-10(22-17(21)11-7-8-11)15(20)19-16-13(9-18)12-5-3-2-4-6-14(12)23-16/h10-11H,2-8H2,1H3,(H,19,20)/t10-/m1/s1. The number of hydrogen-bond acceptors (Lipinski definition) is 5. The SMILES string of the molecule is C[C@@H](OC(=O)C1CC1)C(=O)Nc1sc2c(c1C#N)CCCCC2. The Kier molecular flexibility index (Phi) is 4.67. The summed E-state index contributed by atoms with van der Waals surface area (Å²) < 4.78 is 5.17. The number of carbonyl (C=O) groups is 2. The topological polar surface area (TPSA) is 79.2 Å². The highest BCUT2D eigenvalue weighted by Crippen LogP contribution is 2.37. The van der Waals surface area contributed by atoms with Gasteiger partial charge in [-0.15, -0.1) is 11.3 Å². The normalized spacial score (nSPS) is 18.3. The number of amides is 1. The summed E-state index contributed by atoms with van der Waals surface area (Å²) in [5.74, 6) is -0.695. The minimum absolute atomic E-state index is 0.0299. The molecule has 2 aliphatic carbocycles. The van der Waals surface area contributed by atoms with Crippen LogP contribution in [0, 0.1) is 17.2 Å². The number of hydrogen-bond donors (Lipinski definition) is 1. The summed E-state index contributed by atoms with van der Waals surface area (Å²) in [6.07, 6.45) is 6.13. The van der Waals surface area contributed by atoms with E-state index in [1.807, 2.05) is 0 Å². The van der Waals surface area contributed by atoms with E-state index in [9.17, 15) is 14.9 Å². The van der Waals surface area contributed by atoms with Crippen molar-refractivity contribution in [3.63, 3.8) is 0 Å². The van der Waals surface area contributed by atoms with Crippen LogP contribution in [0.3, 0.4) is 0 Å². The molecule has 122 valence electrons. The quantitative estimate of drug-likeness (QED) is 0.678. The highest BCUT2D eigenvalue weighted by atomic mass is 32.1. The molecule has 2 aliphatic rings. The van der Waals surface area contributed by atoms with Crippen molar-refractivity contribution >= 4 is 28.2 Å². The van der Waals surface area contributed by atoms with Crippen LogP contribution in [-0.2, 0) is 27.2 Å². The van der Waals surface area contributed by atoms with Crippen LogP contribution in [0.15, 0.2) is 0 Å². The number of thiophene rings is 1. The van der Waals surface area contributed by atoms with Crippen LogP contribution in [0.5, 0.6) is 0 Å². The fourth-order valence-electron chi connectivity index (χ4n) is 2.81. The number of esters is 1. The van der Waals surface area contributed by atoms with Crippen LogP contribution in [0.2, 0.25) is 0 Å². The molecule has 0 radical (unpaired) electrons. The molecule has 0 aromatic carbocycles. The minimum atomic E-state index is -0.837. The van der Waals surface area contributed by atoms with Crippen molar-refractivity contribution in [2.45, 2.75) is 58.0 Å². The lowest BCUT2D eigenvalue weighted by Gasteiger charge is -2.12. The molecule has 1 aromatic heterocycles. The third-order valence-electron chi connectivity index (χ3n) is 4.34. The van der Waals surface area contributed by atoms with Crippen LogP contribution in [0.4, 0.5) is 5.00 Å². The van der Waals surface area contributed by atoms with E-state index in [0.29, 0.717) is 10.6 Å². The maximum atomic E-state index is 12.2. The second-order valence-corrected chi connectivity index (χ2v) is 7.33. The van der Waals surface area contributed by atoms with Gasteiger partial charge in [-0.3, -0.25) is 9.59 Å². The number of fused-ring (bicyclic) bond motifs is 1. The zero-order chi connectivity index (χ0) is 16.4. The van der Waals surface area contributed by atoms with Crippen molar-refractivity contribution in [3.8, 4) is 6.07 Å². The molecule has 0 saturated heterocycles. The summed E-state index contributed by atoms with van der Waals surface area (Å²) in [4.78, 5) is 25.1. The molecule has 3 rings (SSSR count). The summed E-state index contributed by atoms with van der Waals surface area (Å²) in [6, 6.07) is 2.23. The number of ether oxygens (including phenoxy) is 1. The maximum Gasteiger partial charge on any atom is 0.309 e. The summed E-state index contributed by atoms with van der Waals surface area (Å²) >= 11 is 1.49. The molecule has 1 N–H and O–H groups in total. The van der Waals surface area contributed by atoms with E-state index >= 15 is 0 Å². The van der Waals surface area contributed by atoms with E-state index in [-0.39, 0.29) is 17.8 Å². The molecule has 5 nitrogen and oxygen atoms in total. The van der Waals surface area contributed by atoms with E-state index in [0.717, 1.165) is 44.1 Å². The summed E-state index contributed by atoms with van der Waals surface area (Å²) in [5, 5.41) is 12.8. The molecular weight excluding hydrogens is 312 g/mol. The van der Waals surface area contributed by atoms with Crippen molar-refractivity contribution in [1.82, 2.24) is 0 Å². The van der Waals surface area contributed by atoms with Crippen molar-refractivity contribution in [1.29, 1.82) is 5.26 Å². The monoisotopic (exact) mass is 332 g/mol. The lowest BCUT2D eigenvalue weighted by atomic mass is 10.1. The van der Waals surface area contributed by atoms with Gasteiger partial charge in [0.1, 0.15) is 11.1 Å². The summed E-state index contributed by atoms with van der Waals surface area (Å²) in [6.45, 7) is 1.57. The first kappa shape index (κ1) is 16.0. The van der Waals surface area contributed by atoms with Gasteiger partial charge < -0.3 is 10.1 Å². The Morgan fingerprint density at radius 2 is 2.04 bits per heavy atom. The van der Waals surface area contributed by atoms with Gasteiger partial charge in [-0.25, -0.2) is 0 Å². The Bertz CT molecular complexity index is 670. The lowest BCUT2D eigenvalue weighted by Crippen LogP contribution is -2.30. The number of nitrogens with zero attached hydrogens (tertiary/aromatic N) is 1. The molecule has 1 amide bonds. The number of nitriles is 1. The van der Waals surface area contributed by atoms with Crippen molar-refractivity contribution < 1.29 is 14.3 Å². The molecule has 0 aliphatic heterocycles. The Morgan fingerprint density at radius 1 is 1.30 bits per heavy atom. The Labute approximate surface area is 139 Å². The predicted molar refractivity (Wildman–Crippen MR) is 87.2 cm³/mol. The zero-order valence-corrected chi connectivity index (χ0v) is 14.0. The summed E-state index contributed by atoms with van der Waals surface area (Å²) in [7, 11) is 0. The fourth-order valence-corrected chi connectivity index (χ4v) is 4.05. The number of aryl methyl sites for hydroxylation is 1. The van der Waals surface area contributed by atoms with E-state index < -0.39 is 6.10 Å². The molecular formula is C17H20N2O3S. The van der Waals surface area contributed by atoms with Crippen LogP contribution in [0.1, 0.15) is 55.0 Å². The Morgan fingerprint density at radius 3 is 2.74 bits per heavy atom. The van der Waals surface area contributed by atoms with Crippen molar-refractivity contribution in [2.24, 2.45) is 5.92 Å². The molecule has 6 heteroatoms. The largest absolute Gasteiger partial charge is 0.452 e. The molecule has 1 fully saturated rings. The molecule has 0 bridgehead atoms. The van der Waals surface area contributed by atoms with Gasteiger partial charge in [-0.05, 0) is 51.0 Å². The van der Waals surface area contributed by atoms with Crippen LogP contribution in [0.25, 0.3) is 0 Å². The predicted octanol–water partition coefficient (Wildman–Crippen LogP) is 3.17. The van der Waals surface area contributed by atoms with E-state index in [1.54, 1.807) is 6.92 Å². The van der Waals surface area contributed by atoms with Gasteiger partial charge in [-0.1, -0.05) is 6.42 Å². The first-order valence-corrected chi connectivity index (χ1v) is 8.97. The van der Waals surface area contributed by atoms with Gasteiger partial charge in [0.25, 0.3) is 5.91 Å². The first-order chi connectivity index (χ1) is 11.1. The maximum absolute atomic E-state index is 12.2. The van der Waals surface area contributed by atoms with Crippen LogP contribution in [-0.4, -0.2) is 18.0 Å². The van der Waals surface area contributed by atoms with Gasteiger partial charge in [0.05, 0.1) is 11.5 Å². The zero-order valence-electron chi connectivity index (χ0n) is 13.2. The van der Waals surface area contributed by atoms with Gasteiger partial charge in [-0.2, -0.15) is 5.26 Å². The minimum Gasteiger partial charge on any atom is -0.452 e. The molecule has 1 heterocycles. The molecule has 1 atom stereocenters. The van der Waals surface area contributed by atoms with E-state index in [1.165, 1.54) is 22.6 Å². The van der Waals surface area contributed by atoms with Crippen molar-refractivity contribution in [2.75, 3.05) is 5.32 Å². The average Bonchev–Trinajstić information content (AvgIpc) is 3.34. The third-order valence-corrected chi connectivity index (χ3v) is 5.55. The number of rotatable bonds is 4. The average molecular weight is 332 g/mol. The highest BCUT2D eigenvalue weighted by molar-refractivity contribution is 7.16. The van der Waals surface area contributed by atoms with Crippen LogP contribution < -0.4 is 5.32 Å². The summed E-state index contributed by atoms with van der Waals surface area (Å²) in [5.41, 5.74) is 1.67. The Hall–Kier alpha value is -1.87. The number of carbonyl (C=O) groups excluding carboxylic acids is 2. The number of anilines is 1. The van der Waals surface area contributed by atoms with Crippen molar-refractivity contribution in [3.05, 3.63) is 16.0 Å². The fraction of sp³-hybridized carbons (Fsp3) is 0.588. The Balaban J connectivity index is 1.70. The molecule has 1 aromatic rings. The van der Waals surface area contributed by atoms with Gasteiger partial charge >= 0.3 is 5.97 Å². The van der Waals surface area contributed by atoms with E-state index in [2.05, 4.69) is 11.4 Å². The van der Waals surface area contributed by atoms with Gasteiger partial charge in [0, 0.05) is 4.88 Å². The first-order valence-electron chi connectivity index (χ1n) is 8.16. The van der Waals surface area contributed by atoms with E-state index in [4.69, 9.17) is 4.74 Å². The third kappa shape index (κ3) is 3.56. The molecule has 0 spiro atoms. The smallest absolute Gasteiger partial charge is 0.309 e. The van der Waals surface area contributed by atoms with Crippen LogP contribution >= 0.6 is 11.3 Å². The molecule has 23 heavy (non-hydrogen) atoms. The second-order valence-electron chi connectivity index (χ2n) is 6.22. The number of nitrogens with one attached hydrogen (secondary N) is 1. The van der Waals surface area contributed by atoms with Gasteiger partial charge in [0.15, 0.2) is 6.10 Å². The second kappa shape index (κ2) is 6.71. The van der Waals surface area contributed by atoms with Gasteiger partial charge in [0.2, 0.25) is 0 Å². The molecule has 1 saturated carbocycles. The lowest BCUT2D eigenvalue weighted by molar-refractivity contribution is -0.154.